The van der Waals surface area contributed by atoms with Gasteiger partial charge in [0.05, 0.1) is 12.7 Å². The summed E-state index contributed by atoms with van der Waals surface area (Å²) >= 11 is 0. The molecular weight excluding hydrogens is 178 g/mol. The second-order valence-corrected chi connectivity index (χ2v) is 4.67. The van der Waals surface area contributed by atoms with E-state index >= 15 is 0 Å². The van der Waals surface area contributed by atoms with Gasteiger partial charge in [0.25, 0.3) is 0 Å². The molecule has 1 heterocycles. The van der Waals surface area contributed by atoms with Crippen molar-refractivity contribution in [1.82, 2.24) is 4.90 Å². The molecule has 14 heavy (non-hydrogen) atoms. The van der Waals surface area contributed by atoms with Crippen molar-refractivity contribution in [3.8, 4) is 0 Å². The molecule has 1 fully saturated rings. The molecule has 0 spiro atoms. The van der Waals surface area contributed by atoms with Crippen LogP contribution in [0.25, 0.3) is 0 Å². The summed E-state index contributed by atoms with van der Waals surface area (Å²) < 4.78 is 5.70. The van der Waals surface area contributed by atoms with E-state index in [1.807, 2.05) is 0 Å². The highest BCUT2D eigenvalue weighted by Crippen LogP contribution is 2.18. The summed E-state index contributed by atoms with van der Waals surface area (Å²) in [5.41, 5.74) is -0.110. The van der Waals surface area contributed by atoms with Crippen LogP contribution in [0.1, 0.15) is 33.6 Å². The molecule has 3 nitrogen and oxygen atoms in total. The van der Waals surface area contributed by atoms with Crippen LogP contribution >= 0.6 is 0 Å². The summed E-state index contributed by atoms with van der Waals surface area (Å²) in [6.07, 6.45) is 2.46. The Balaban J connectivity index is 2.58. The minimum atomic E-state index is -0.110. The largest absolute Gasteiger partial charge is 0.394 e. The van der Waals surface area contributed by atoms with Gasteiger partial charge < -0.3 is 9.84 Å². The van der Waals surface area contributed by atoms with Gasteiger partial charge in [0, 0.05) is 25.2 Å². The normalized spacial score (nSPS) is 26.1. The second-order valence-electron chi connectivity index (χ2n) is 4.67. The third-order valence-corrected chi connectivity index (χ3v) is 3.05. The standard InChI is InChI=1S/C11H23NO2/c1-4-10-8-12(6-5-7-14-10)11(2,3)9-13/h10,13H,4-9H2,1-3H3. The lowest BCUT2D eigenvalue weighted by Gasteiger charge is -2.37. The Hall–Kier alpha value is -0.120. The van der Waals surface area contributed by atoms with Gasteiger partial charge in [0.2, 0.25) is 0 Å². The van der Waals surface area contributed by atoms with Crippen LogP contribution < -0.4 is 0 Å². The SMILES string of the molecule is CCC1CN(C(C)(C)CO)CCCO1. The van der Waals surface area contributed by atoms with Crippen molar-refractivity contribution in [2.75, 3.05) is 26.3 Å². The predicted octanol–water partition coefficient (Wildman–Crippen LogP) is 1.26. The molecule has 1 aliphatic rings. The summed E-state index contributed by atoms with van der Waals surface area (Å²) in [6.45, 7) is 9.38. The smallest absolute Gasteiger partial charge is 0.0699 e. The molecule has 1 atom stereocenters. The molecule has 84 valence electrons. The van der Waals surface area contributed by atoms with E-state index in [0.717, 1.165) is 32.5 Å². The molecule has 0 radical (unpaired) electrons. The van der Waals surface area contributed by atoms with Crippen LogP contribution in [0.3, 0.4) is 0 Å². The molecular formula is C11H23NO2. The summed E-state index contributed by atoms with van der Waals surface area (Å²) in [5, 5.41) is 9.31. The highest BCUT2D eigenvalue weighted by molar-refractivity contribution is 4.83. The third-order valence-electron chi connectivity index (χ3n) is 3.05. The minimum absolute atomic E-state index is 0.110. The van der Waals surface area contributed by atoms with Gasteiger partial charge in [-0.25, -0.2) is 0 Å². The van der Waals surface area contributed by atoms with Gasteiger partial charge >= 0.3 is 0 Å². The van der Waals surface area contributed by atoms with E-state index in [4.69, 9.17) is 4.74 Å². The zero-order valence-corrected chi connectivity index (χ0v) is 9.62. The van der Waals surface area contributed by atoms with Gasteiger partial charge in [-0.15, -0.1) is 0 Å². The number of nitrogens with zero attached hydrogens (tertiary/aromatic N) is 1. The molecule has 0 bridgehead atoms. The molecule has 0 aromatic heterocycles. The topological polar surface area (TPSA) is 32.7 Å². The number of hydrogen-bond donors (Lipinski definition) is 1. The fourth-order valence-electron chi connectivity index (χ4n) is 1.79. The summed E-state index contributed by atoms with van der Waals surface area (Å²) in [6, 6.07) is 0. The van der Waals surface area contributed by atoms with Crippen LogP contribution in [-0.4, -0.2) is 48.0 Å². The number of rotatable bonds is 3. The zero-order chi connectivity index (χ0) is 10.6. The van der Waals surface area contributed by atoms with Crippen molar-refractivity contribution in [2.24, 2.45) is 0 Å². The maximum absolute atomic E-state index is 9.31. The van der Waals surface area contributed by atoms with E-state index in [1.165, 1.54) is 0 Å². The Morgan fingerprint density at radius 3 is 2.79 bits per heavy atom. The maximum atomic E-state index is 9.31. The predicted molar refractivity (Wildman–Crippen MR) is 57.4 cm³/mol. The number of aliphatic hydroxyl groups excluding tert-OH is 1. The van der Waals surface area contributed by atoms with E-state index in [0.29, 0.717) is 6.10 Å². The molecule has 1 saturated heterocycles. The van der Waals surface area contributed by atoms with E-state index in [9.17, 15) is 5.11 Å². The number of ether oxygens (including phenoxy) is 1. The first-order chi connectivity index (χ1) is 6.60. The van der Waals surface area contributed by atoms with Crippen molar-refractivity contribution < 1.29 is 9.84 Å². The monoisotopic (exact) mass is 201 g/mol. The Kier molecular flexibility index (Phi) is 4.35. The lowest BCUT2D eigenvalue weighted by molar-refractivity contribution is 0.0149. The van der Waals surface area contributed by atoms with E-state index in [-0.39, 0.29) is 12.1 Å². The average molecular weight is 201 g/mol. The fourth-order valence-corrected chi connectivity index (χ4v) is 1.79. The van der Waals surface area contributed by atoms with Crippen LogP contribution in [0, 0.1) is 0 Å². The number of aliphatic hydroxyl groups is 1. The first-order valence-corrected chi connectivity index (χ1v) is 5.57. The molecule has 0 aromatic carbocycles. The van der Waals surface area contributed by atoms with Crippen LogP contribution in [0.5, 0.6) is 0 Å². The molecule has 3 heteroatoms. The molecule has 1 unspecified atom stereocenters. The highest BCUT2D eigenvalue weighted by atomic mass is 16.5. The van der Waals surface area contributed by atoms with Crippen molar-refractivity contribution in [3.05, 3.63) is 0 Å². The van der Waals surface area contributed by atoms with Gasteiger partial charge in [-0.05, 0) is 26.7 Å². The van der Waals surface area contributed by atoms with Gasteiger partial charge in [-0.3, -0.25) is 4.90 Å². The van der Waals surface area contributed by atoms with Crippen molar-refractivity contribution in [3.63, 3.8) is 0 Å². The molecule has 1 N–H and O–H groups in total. The zero-order valence-electron chi connectivity index (χ0n) is 9.62. The average Bonchev–Trinajstić information content (AvgIpc) is 2.43. The minimum Gasteiger partial charge on any atom is -0.394 e. The molecule has 1 aliphatic heterocycles. The Morgan fingerprint density at radius 1 is 1.50 bits per heavy atom. The Bertz CT molecular complexity index is 171. The van der Waals surface area contributed by atoms with E-state index in [2.05, 4.69) is 25.7 Å². The third kappa shape index (κ3) is 2.94. The molecule has 1 rings (SSSR count). The van der Waals surface area contributed by atoms with Crippen LogP contribution in [0.4, 0.5) is 0 Å². The molecule has 0 aliphatic carbocycles. The fraction of sp³-hybridized carbons (Fsp3) is 1.00. The summed E-state index contributed by atoms with van der Waals surface area (Å²) in [7, 11) is 0. The summed E-state index contributed by atoms with van der Waals surface area (Å²) in [4.78, 5) is 2.34. The Morgan fingerprint density at radius 2 is 2.21 bits per heavy atom. The van der Waals surface area contributed by atoms with Gasteiger partial charge in [0.1, 0.15) is 0 Å². The van der Waals surface area contributed by atoms with Crippen LogP contribution in [-0.2, 0) is 4.74 Å². The van der Waals surface area contributed by atoms with Crippen LogP contribution in [0.2, 0.25) is 0 Å². The van der Waals surface area contributed by atoms with Crippen molar-refractivity contribution >= 4 is 0 Å². The first-order valence-electron chi connectivity index (χ1n) is 5.57. The van der Waals surface area contributed by atoms with Crippen LogP contribution in [0.15, 0.2) is 0 Å². The molecule has 0 saturated carbocycles. The van der Waals surface area contributed by atoms with Gasteiger partial charge in [-0.1, -0.05) is 6.92 Å². The highest BCUT2D eigenvalue weighted by Gasteiger charge is 2.29. The summed E-state index contributed by atoms with van der Waals surface area (Å²) in [5.74, 6) is 0. The van der Waals surface area contributed by atoms with E-state index in [1.54, 1.807) is 0 Å². The molecule has 0 amide bonds. The lowest BCUT2D eigenvalue weighted by atomic mass is 10.0. The quantitative estimate of drug-likeness (QED) is 0.746. The molecule has 0 aromatic rings. The van der Waals surface area contributed by atoms with Gasteiger partial charge in [0.15, 0.2) is 0 Å². The first kappa shape index (κ1) is 12.0. The van der Waals surface area contributed by atoms with Crippen molar-refractivity contribution in [2.45, 2.75) is 45.3 Å². The number of hydrogen-bond acceptors (Lipinski definition) is 3. The van der Waals surface area contributed by atoms with Crippen molar-refractivity contribution in [1.29, 1.82) is 0 Å². The maximum Gasteiger partial charge on any atom is 0.0699 e. The van der Waals surface area contributed by atoms with E-state index < -0.39 is 0 Å². The Labute approximate surface area is 87.1 Å². The lowest BCUT2D eigenvalue weighted by Crippen LogP contribution is -2.49. The second kappa shape index (κ2) is 5.10. The van der Waals surface area contributed by atoms with Gasteiger partial charge in [-0.2, -0.15) is 0 Å².